The summed E-state index contributed by atoms with van der Waals surface area (Å²) in [6, 6.07) is 4.58. The fourth-order valence-corrected chi connectivity index (χ4v) is 5.19. The molecule has 1 aromatic rings. The molecule has 1 aromatic carbocycles. The summed E-state index contributed by atoms with van der Waals surface area (Å²) < 4.78 is 27.0. The standard InChI is InChI=1S/C17H24Cl2N2O3S/c1-3-14(4-2)20-17(22)12-7-9-21(10-8-12)25(23,24)16-11-13(18)5-6-15(16)19/h5-6,11-12,14H,3-4,7-10H2,1-2H3,(H,20,22). The summed E-state index contributed by atoms with van der Waals surface area (Å²) >= 11 is 11.9. The van der Waals surface area contributed by atoms with E-state index in [0.717, 1.165) is 12.8 Å². The number of sulfonamides is 1. The number of piperidine rings is 1. The third-order valence-corrected chi connectivity index (χ3v) is 7.28. The summed E-state index contributed by atoms with van der Waals surface area (Å²) in [5, 5.41) is 3.52. The van der Waals surface area contributed by atoms with Crippen LogP contribution < -0.4 is 5.32 Å². The Morgan fingerprint density at radius 2 is 1.84 bits per heavy atom. The maximum Gasteiger partial charge on any atom is 0.244 e. The first-order valence-corrected chi connectivity index (χ1v) is 10.7. The smallest absolute Gasteiger partial charge is 0.244 e. The number of nitrogens with zero attached hydrogens (tertiary/aromatic N) is 1. The van der Waals surface area contributed by atoms with Crippen molar-refractivity contribution in [3.05, 3.63) is 28.2 Å². The SMILES string of the molecule is CCC(CC)NC(=O)C1CCN(S(=O)(=O)c2cc(Cl)ccc2Cl)CC1. The molecule has 2 rings (SSSR count). The van der Waals surface area contributed by atoms with E-state index in [0.29, 0.717) is 31.0 Å². The summed E-state index contributed by atoms with van der Waals surface area (Å²) in [6.45, 7) is 4.68. The largest absolute Gasteiger partial charge is 0.353 e. The van der Waals surface area contributed by atoms with Gasteiger partial charge in [0.05, 0.1) is 5.02 Å². The molecular formula is C17H24Cl2N2O3S. The van der Waals surface area contributed by atoms with Crippen LogP contribution in [-0.4, -0.2) is 37.8 Å². The van der Waals surface area contributed by atoms with Gasteiger partial charge in [-0.15, -0.1) is 0 Å². The lowest BCUT2D eigenvalue weighted by Gasteiger charge is -2.31. The lowest BCUT2D eigenvalue weighted by atomic mass is 9.96. The van der Waals surface area contributed by atoms with Crippen molar-refractivity contribution in [3.63, 3.8) is 0 Å². The molecule has 8 heteroatoms. The minimum atomic E-state index is -3.71. The van der Waals surface area contributed by atoms with Gasteiger partial charge in [-0.2, -0.15) is 4.31 Å². The van der Waals surface area contributed by atoms with Crippen molar-refractivity contribution in [2.24, 2.45) is 5.92 Å². The highest BCUT2D eigenvalue weighted by Gasteiger charge is 2.33. The highest BCUT2D eigenvalue weighted by atomic mass is 35.5. The van der Waals surface area contributed by atoms with E-state index in [9.17, 15) is 13.2 Å². The summed E-state index contributed by atoms with van der Waals surface area (Å²) in [6.07, 6.45) is 2.79. The summed E-state index contributed by atoms with van der Waals surface area (Å²) in [5.41, 5.74) is 0. The van der Waals surface area contributed by atoms with E-state index in [4.69, 9.17) is 23.2 Å². The molecule has 1 aliphatic heterocycles. The van der Waals surface area contributed by atoms with Gasteiger partial charge in [0.15, 0.2) is 0 Å². The number of carbonyl (C=O) groups is 1. The molecular weight excluding hydrogens is 383 g/mol. The molecule has 1 saturated heterocycles. The normalized spacial score (nSPS) is 17.0. The van der Waals surface area contributed by atoms with E-state index in [1.165, 1.54) is 16.4 Å². The number of hydrogen-bond acceptors (Lipinski definition) is 3. The minimum Gasteiger partial charge on any atom is -0.353 e. The van der Waals surface area contributed by atoms with Crippen molar-refractivity contribution in [1.29, 1.82) is 0 Å². The predicted octanol–water partition coefficient (Wildman–Crippen LogP) is 3.70. The van der Waals surface area contributed by atoms with E-state index in [1.807, 2.05) is 13.8 Å². The second-order valence-electron chi connectivity index (χ2n) is 6.28. The maximum absolute atomic E-state index is 12.8. The van der Waals surface area contributed by atoms with Gasteiger partial charge in [-0.05, 0) is 43.9 Å². The van der Waals surface area contributed by atoms with Crippen molar-refractivity contribution in [2.75, 3.05) is 13.1 Å². The van der Waals surface area contributed by atoms with E-state index in [2.05, 4.69) is 5.32 Å². The highest BCUT2D eigenvalue weighted by Crippen LogP contribution is 2.30. The molecule has 0 unspecified atom stereocenters. The van der Waals surface area contributed by atoms with Gasteiger partial charge in [0.25, 0.3) is 0 Å². The molecule has 25 heavy (non-hydrogen) atoms. The molecule has 0 saturated carbocycles. The van der Waals surface area contributed by atoms with Gasteiger partial charge < -0.3 is 5.32 Å². The molecule has 0 spiro atoms. The molecule has 0 aromatic heterocycles. The Bertz CT molecular complexity index is 713. The number of benzene rings is 1. The van der Waals surface area contributed by atoms with Crippen LogP contribution in [0.4, 0.5) is 0 Å². The lowest BCUT2D eigenvalue weighted by molar-refractivity contribution is -0.126. The number of carbonyl (C=O) groups excluding carboxylic acids is 1. The minimum absolute atomic E-state index is 0.0154. The van der Waals surface area contributed by atoms with Crippen LogP contribution in [0.3, 0.4) is 0 Å². The first-order valence-electron chi connectivity index (χ1n) is 8.55. The fourth-order valence-electron chi connectivity index (χ4n) is 2.98. The van der Waals surface area contributed by atoms with E-state index in [-0.39, 0.29) is 27.8 Å². The average molecular weight is 407 g/mol. The molecule has 140 valence electrons. The van der Waals surface area contributed by atoms with E-state index >= 15 is 0 Å². The molecule has 0 radical (unpaired) electrons. The number of halogens is 2. The van der Waals surface area contributed by atoms with Gasteiger partial charge in [-0.1, -0.05) is 37.0 Å². The van der Waals surface area contributed by atoms with Crippen LogP contribution in [-0.2, 0) is 14.8 Å². The Kier molecular flexibility index (Phi) is 7.14. The van der Waals surface area contributed by atoms with Crippen molar-refractivity contribution in [1.82, 2.24) is 9.62 Å². The van der Waals surface area contributed by atoms with Gasteiger partial charge in [0, 0.05) is 30.1 Å². The van der Waals surface area contributed by atoms with Crippen LogP contribution in [0.1, 0.15) is 39.5 Å². The van der Waals surface area contributed by atoms with Crippen molar-refractivity contribution < 1.29 is 13.2 Å². The highest BCUT2D eigenvalue weighted by molar-refractivity contribution is 7.89. The summed E-state index contributed by atoms with van der Waals surface area (Å²) in [4.78, 5) is 12.3. The second kappa shape index (κ2) is 8.71. The Morgan fingerprint density at radius 1 is 1.24 bits per heavy atom. The number of amides is 1. The zero-order valence-corrected chi connectivity index (χ0v) is 16.8. The first-order chi connectivity index (χ1) is 11.8. The third-order valence-electron chi connectivity index (χ3n) is 4.67. The quantitative estimate of drug-likeness (QED) is 0.782. The van der Waals surface area contributed by atoms with E-state index in [1.54, 1.807) is 6.07 Å². The Hall–Kier alpha value is -0.820. The fraction of sp³-hybridized carbons (Fsp3) is 0.588. The van der Waals surface area contributed by atoms with Gasteiger partial charge in [0.1, 0.15) is 4.90 Å². The van der Waals surface area contributed by atoms with E-state index < -0.39 is 10.0 Å². The molecule has 1 fully saturated rings. The Morgan fingerprint density at radius 3 is 2.40 bits per heavy atom. The van der Waals surface area contributed by atoms with Crippen molar-refractivity contribution in [2.45, 2.75) is 50.5 Å². The maximum atomic E-state index is 12.8. The monoisotopic (exact) mass is 406 g/mol. The number of rotatable bonds is 6. The summed E-state index contributed by atoms with van der Waals surface area (Å²) in [7, 11) is -3.71. The molecule has 1 amide bonds. The molecule has 5 nitrogen and oxygen atoms in total. The molecule has 0 atom stereocenters. The van der Waals surface area contributed by atoms with Crippen LogP contribution in [0.25, 0.3) is 0 Å². The van der Waals surface area contributed by atoms with Crippen molar-refractivity contribution in [3.8, 4) is 0 Å². The van der Waals surface area contributed by atoms with Crippen LogP contribution in [0, 0.1) is 5.92 Å². The van der Waals surface area contributed by atoms with Gasteiger partial charge >= 0.3 is 0 Å². The third kappa shape index (κ3) is 4.88. The van der Waals surface area contributed by atoms with Crippen LogP contribution in [0.15, 0.2) is 23.1 Å². The van der Waals surface area contributed by atoms with Crippen LogP contribution in [0.2, 0.25) is 10.0 Å². The molecule has 0 bridgehead atoms. The average Bonchev–Trinajstić information content (AvgIpc) is 2.61. The molecule has 1 N–H and O–H groups in total. The molecule has 0 aliphatic carbocycles. The zero-order chi connectivity index (χ0) is 18.6. The zero-order valence-electron chi connectivity index (χ0n) is 14.5. The number of nitrogens with one attached hydrogen (secondary N) is 1. The van der Waals surface area contributed by atoms with Crippen LogP contribution in [0.5, 0.6) is 0 Å². The lowest BCUT2D eigenvalue weighted by Crippen LogP contribution is -2.45. The molecule has 1 aliphatic rings. The Balaban J connectivity index is 2.04. The van der Waals surface area contributed by atoms with Gasteiger partial charge in [-0.25, -0.2) is 8.42 Å². The topological polar surface area (TPSA) is 66.5 Å². The summed E-state index contributed by atoms with van der Waals surface area (Å²) in [5.74, 6) is -0.131. The van der Waals surface area contributed by atoms with Crippen molar-refractivity contribution >= 4 is 39.1 Å². The number of hydrogen-bond donors (Lipinski definition) is 1. The molecule has 1 heterocycles. The van der Waals surface area contributed by atoms with Gasteiger partial charge in [0.2, 0.25) is 15.9 Å². The first kappa shape index (κ1) is 20.5. The Labute approximate surface area is 159 Å². The van der Waals surface area contributed by atoms with Gasteiger partial charge in [-0.3, -0.25) is 4.79 Å². The van der Waals surface area contributed by atoms with Crippen LogP contribution >= 0.6 is 23.2 Å². The predicted molar refractivity (Wildman–Crippen MR) is 100 cm³/mol. The second-order valence-corrected chi connectivity index (χ2v) is 9.03.